The minimum absolute atomic E-state index is 0.0823. The van der Waals surface area contributed by atoms with Crippen LogP contribution in [0.2, 0.25) is 10.0 Å². The van der Waals surface area contributed by atoms with E-state index >= 15 is 0 Å². The van der Waals surface area contributed by atoms with Crippen LogP contribution in [0.25, 0.3) is 5.69 Å². The van der Waals surface area contributed by atoms with Gasteiger partial charge >= 0.3 is 0 Å². The smallest absolute Gasteiger partial charge is 0.266 e. The lowest BCUT2D eigenvalue weighted by atomic mass is 10.3. The van der Waals surface area contributed by atoms with Crippen molar-refractivity contribution in [1.82, 2.24) is 14.8 Å². The SMILES string of the molecule is CN(/N=C/c1ccccn1)c1cnn(-c2ccc(F)c(Cl)c2)c(=O)c1Cl. The van der Waals surface area contributed by atoms with E-state index in [1.165, 1.54) is 29.6 Å². The number of rotatable bonds is 4. The van der Waals surface area contributed by atoms with E-state index in [0.29, 0.717) is 17.1 Å². The van der Waals surface area contributed by atoms with Gasteiger partial charge in [0.2, 0.25) is 0 Å². The largest absolute Gasteiger partial charge is 0.292 e. The molecule has 0 spiro atoms. The first-order chi connectivity index (χ1) is 12.5. The summed E-state index contributed by atoms with van der Waals surface area (Å²) < 4.78 is 14.3. The molecule has 26 heavy (non-hydrogen) atoms. The summed E-state index contributed by atoms with van der Waals surface area (Å²) in [7, 11) is 1.63. The summed E-state index contributed by atoms with van der Waals surface area (Å²) in [6, 6.07) is 9.24. The van der Waals surface area contributed by atoms with E-state index in [1.54, 1.807) is 25.4 Å². The maximum absolute atomic E-state index is 13.3. The highest BCUT2D eigenvalue weighted by Gasteiger charge is 2.14. The van der Waals surface area contributed by atoms with Crippen molar-refractivity contribution in [3.63, 3.8) is 0 Å². The Morgan fingerprint density at radius 1 is 1.27 bits per heavy atom. The Hall–Kier alpha value is -2.77. The molecule has 0 aliphatic heterocycles. The van der Waals surface area contributed by atoms with Gasteiger partial charge < -0.3 is 0 Å². The summed E-state index contributed by atoms with van der Waals surface area (Å²) in [5, 5.41) is 9.47. The van der Waals surface area contributed by atoms with Gasteiger partial charge in [0, 0.05) is 13.2 Å². The van der Waals surface area contributed by atoms with Crippen molar-refractivity contribution in [2.24, 2.45) is 5.10 Å². The number of aromatic nitrogens is 3. The van der Waals surface area contributed by atoms with Gasteiger partial charge in [0.05, 0.1) is 28.8 Å². The van der Waals surface area contributed by atoms with Gasteiger partial charge in [-0.2, -0.15) is 14.9 Å². The zero-order valence-corrected chi connectivity index (χ0v) is 15.0. The van der Waals surface area contributed by atoms with Crippen LogP contribution in [0.1, 0.15) is 5.69 Å². The highest BCUT2D eigenvalue weighted by molar-refractivity contribution is 6.33. The Balaban J connectivity index is 1.93. The molecule has 0 aliphatic carbocycles. The van der Waals surface area contributed by atoms with Crippen molar-refractivity contribution in [3.8, 4) is 5.69 Å². The summed E-state index contributed by atoms with van der Waals surface area (Å²) in [5.74, 6) is -0.588. The molecule has 0 saturated carbocycles. The maximum Gasteiger partial charge on any atom is 0.292 e. The monoisotopic (exact) mass is 391 g/mol. The van der Waals surface area contributed by atoms with Gasteiger partial charge in [-0.15, -0.1) is 0 Å². The molecule has 1 aromatic carbocycles. The van der Waals surface area contributed by atoms with Crippen LogP contribution in [-0.2, 0) is 0 Å². The molecule has 2 aromatic heterocycles. The molecule has 0 saturated heterocycles. The van der Waals surface area contributed by atoms with Crippen LogP contribution in [0.4, 0.5) is 10.1 Å². The highest BCUT2D eigenvalue weighted by atomic mass is 35.5. The lowest BCUT2D eigenvalue weighted by molar-refractivity contribution is 0.627. The second-order valence-electron chi connectivity index (χ2n) is 5.18. The van der Waals surface area contributed by atoms with E-state index in [2.05, 4.69) is 15.2 Å². The van der Waals surface area contributed by atoms with Crippen LogP contribution in [0.15, 0.2) is 58.7 Å². The molecule has 0 aliphatic rings. The molecule has 3 rings (SSSR count). The number of benzene rings is 1. The van der Waals surface area contributed by atoms with Crippen LogP contribution < -0.4 is 10.6 Å². The third kappa shape index (κ3) is 3.74. The first-order valence-electron chi connectivity index (χ1n) is 7.39. The zero-order chi connectivity index (χ0) is 18.7. The third-order valence-electron chi connectivity index (χ3n) is 3.45. The fourth-order valence-electron chi connectivity index (χ4n) is 2.11. The molecule has 0 bridgehead atoms. The molecule has 6 nitrogen and oxygen atoms in total. The van der Waals surface area contributed by atoms with Crippen molar-refractivity contribution in [1.29, 1.82) is 0 Å². The minimum atomic E-state index is -0.588. The summed E-state index contributed by atoms with van der Waals surface area (Å²) >= 11 is 11.9. The number of anilines is 1. The van der Waals surface area contributed by atoms with Gasteiger partial charge in [-0.3, -0.25) is 14.8 Å². The van der Waals surface area contributed by atoms with Gasteiger partial charge in [0.25, 0.3) is 5.56 Å². The predicted molar refractivity (Wildman–Crippen MR) is 100 cm³/mol. The minimum Gasteiger partial charge on any atom is -0.266 e. The van der Waals surface area contributed by atoms with E-state index in [-0.39, 0.29) is 10.0 Å². The predicted octanol–water partition coefficient (Wildman–Crippen LogP) is 3.54. The molecule has 2 heterocycles. The normalized spacial score (nSPS) is 11.1. The quantitative estimate of drug-likeness (QED) is 0.503. The molecule has 0 radical (unpaired) electrons. The van der Waals surface area contributed by atoms with Crippen molar-refractivity contribution >= 4 is 35.1 Å². The van der Waals surface area contributed by atoms with Crippen molar-refractivity contribution in [2.45, 2.75) is 0 Å². The molecule has 0 N–H and O–H groups in total. The lowest BCUT2D eigenvalue weighted by Gasteiger charge is -2.15. The lowest BCUT2D eigenvalue weighted by Crippen LogP contribution is -2.24. The van der Waals surface area contributed by atoms with Gasteiger partial charge in [0.1, 0.15) is 16.5 Å². The highest BCUT2D eigenvalue weighted by Crippen LogP contribution is 2.22. The second kappa shape index (κ2) is 7.63. The first-order valence-corrected chi connectivity index (χ1v) is 8.15. The van der Waals surface area contributed by atoms with E-state index in [4.69, 9.17) is 23.2 Å². The fraction of sp³-hybridized carbons (Fsp3) is 0.0588. The molecule has 3 aromatic rings. The fourth-order valence-corrected chi connectivity index (χ4v) is 2.54. The van der Waals surface area contributed by atoms with E-state index in [9.17, 15) is 9.18 Å². The Labute approximate surface area is 158 Å². The number of hydrogen-bond donors (Lipinski definition) is 0. The Morgan fingerprint density at radius 2 is 2.08 bits per heavy atom. The van der Waals surface area contributed by atoms with Crippen molar-refractivity contribution < 1.29 is 4.39 Å². The molecular weight excluding hydrogens is 380 g/mol. The first kappa shape index (κ1) is 18.0. The molecule has 9 heteroatoms. The van der Waals surface area contributed by atoms with Crippen molar-refractivity contribution in [2.75, 3.05) is 12.1 Å². The summed E-state index contributed by atoms with van der Waals surface area (Å²) in [5.41, 5.74) is 0.687. The summed E-state index contributed by atoms with van der Waals surface area (Å²) in [6.07, 6.45) is 4.56. The van der Waals surface area contributed by atoms with Crippen LogP contribution in [0, 0.1) is 5.82 Å². The third-order valence-corrected chi connectivity index (χ3v) is 4.09. The Kier molecular flexibility index (Phi) is 5.29. The maximum atomic E-state index is 13.3. The molecule has 0 fully saturated rings. The Morgan fingerprint density at radius 3 is 2.77 bits per heavy atom. The standard InChI is InChI=1S/C17H12Cl2FN5O/c1-24(22-9-11-4-2-3-7-21-11)15-10-23-25(17(26)16(15)19)12-5-6-14(20)13(18)8-12/h2-10H,1H3/b22-9+. The average Bonchev–Trinajstić information content (AvgIpc) is 2.65. The molecule has 0 atom stereocenters. The van der Waals surface area contributed by atoms with Gasteiger partial charge in [-0.05, 0) is 30.3 Å². The summed E-state index contributed by atoms with van der Waals surface area (Å²) in [4.78, 5) is 16.6. The molecule has 132 valence electrons. The second-order valence-corrected chi connectivity index (χ2v) is 5.97. The average molecular weight is 392 g/mol. The van der Waals surface area contributed by atoms with Crippen molar-refractivity contribution in [3.05, 3.63) is 80.7 Å². The molecular formula is C17H12Cl2FN5O. The van der Waals surface area contributed by atoms with Gasteiger partial charge in [-0.25, -0.2) is 4.39 Å². The number of hydrazone groups is 1. The molecule has 0 unspecified atom stereocenters. The van der Waals surface area contributed by atoms with Gasteiger partial charge in [-0.1, -0.05) is 29.3 Å². The topological polar surface area (TPSA) is 63.4 Å². The summed E-state index contributed by atoms with van der Waals surface area (Å²) in [6.45, 7) is 0. The van der Waals surface area contributed by atoms with Crippen LogP contribution in [0.5, 0.6) is 0 Å². The number of nitrogens with zero attached hydrogens (tertiary/aromatic N) is 5. The van der Waals surface area contributed by atoms with Crippen LogP contribution >= 0.6 is 23.2 Å². The zero-order valence-electron chi connectivity index (χ0n) is 13.5. The van der Waals surface area contributed by atoms with E-state index in [1.807, 2.05) is 6.07 Å². The number of pyridine rings is 1. The van der Waals surface area contributed by atoms with Crippen LogP contribution in [-0.4, -0.2) is 28.0 Å². The van der Waals surface area contributed by atoms with E-state index in [0.717, 1.165) is 10.7 Å². The molecule has 0 amide bonds. The number of hydrogen-bond acceptors (Lipinski definition) is 5. The Bertz CT molecular complexity index is 1020. The number of halogens is 3. The van der Waals surface area contributed by atoms with E-state index < -0.39 is 11.4 Å². The van der Waals surface area contributed by atoms with Gasteiger partial charge in [0.15, 0.2) is 0 Å². The van der Waals surface area contributed by atoms with Crippen LogP contribution in [0.3, 0.4) is 0 Å².